The minimum Gasteiger partial charge on any atom is -0.360 e. The highest BCUT2D eigenvalue weighted by atomic mass is 16.1. The fourth-order valence-electron chi connectivity index (χ4n) is 2.62. The van der Waals surface area contributed by atoms with E-state index in [1.807, 2.05) is 43.3 Å². The molecule has 0 atom stereocenters. The van der Waals surface area contributed by atoms with Crippen LogP contribution in [0.1, 0.15) is 30.5 Å². The number of hydrogen-bond acceptors (Lipinski definition) is 3. The highest BCUT2D eigenvalue weighted by Gasteiger charge is 2.11. The summed E-state index contributed by atoms with van der Waals surface area (Å²) in [4.78, 5) is 12.4. The second-order valence-electron chi connectivity index (χ2n) is 5.74. The second-order valence-corrected chi connectivity index (χ2v) is 5.74. The van der Waals surface area contributed by atoms with Gasteiger partial charge in [0.25, 0.3) is 5.91 Å². The number of nitriles is 1. The summed E-state index contributed by atoms with van der Waals surface area (Å²) in [6, 6.07) is 15.6. The molecule has 25 heavy (non-hydrogen) atoms. The molecule has 0 spiro atoms. The number of amides is 1. The summed E-state index contributed by atoms with van der Waals surface area (Å²) in [6.07, 6.45) is 3.24. The van der Waals surface area contributed by atoms with Gasteiger partial charge >= 0.3 is 0 Å². The number of nitrogens with one attached hydrogen (secondary N) is 2. The lowest BCUT2D eigenvalue weighted by Crippen LogP contribution is -2.15. The van der Waals surface area contributed by atoms with Crippen molar-refractivity contribution >= 4 is 17.3 Å². The number of benzene rings is 2. The standard InChI is InChI=1S/C21H23N3O/c1-4-16-10-8-11-17(5-2)20(16)23-14-18(13-22)21(25)24-19-12-7-6-9-15(19)3/h6-12,14,23H,4-5H2,1-3H3,(H,24,25)/b18-14-. The molecule has 2 aromatic rings. The van der Waals surface area contributed by atoms with Crippen LogP contribution in [0.15, 0.2) is 54.2 Å². The molecule has 0 aliphatic carbocycles. The van der Waals surface area contributed by atoms with E-state index in [2.05, 4.69) is 36.6 Å². The SMILES string of the molecule is CCc1cccc(CC)c1N/C=C(/C#N)C(=O)Nc1ccccc1C. The molecule has 2 rings (SSSR count). The lowest BCUT2D eigenvalue weighted by atomic mass is 10.0. The summed E-state index contributed by atoms with van der Waals surface area (Å²) >= 11 is 0. The van der Waals surface area contributed by atoms with Crippen LogP contribution in [0.5, 0.6) is 0 Å². The van der Waals surface area contributed by atoms with E-state index in [9.17, 15) is 10.1 Å². The molecule has 128 valence electrons. The Morgan fingerprint density at radius 1 is 1.08 bits per heavy atom. The molecule has 2 aromatic carbocycles. The fourth-order valence-corrected chi connectivity index (χ4v) is 2.62. The molecule has 0 radical (unpaired) electrons. The van der Waals surface area contributed by atoms with Gasteiger partial charge < -0.3 is 10.6 Å². The Kier molecular flexibility index (Phi) is 6.36. The van der Waals surface area contributed by atoms with Gasteiger partial charge in [-0.15, -0.1) is 0 Å². The van der Waals surface area contributed by atoms with Gasteiger partial charge in [-0.25, -0.2) is 0 Å². The summed E-state index contributed by atoms with van der Waals surface area (Å²) in [6.45, 7) is 6.08. The molecule has 0 saturated heterocycles. The fraction of sp³-hybridized carbons (Fsp3) is 0.238. The molecule has 0 fully saturated rings. The summed E-state index contributed by atoms with van der Waals surface area (Å²) in [5, 5.41) is 15.3. The Labute approximate surface area is 149 Å². The summed E-state index contributed by atoms with van der Waals surface area (Å²) < 4.78 is 0. The average molecular weight is 333 g/mol. The topological polar surface area (TPSA) is 64.9 Å². The quantitative estimate of drug-likeness (QED) is 0.601. The highest BCUT2D eigenvalue weighted by Crippen LogP contribution is 2.23. The third kappa shape index (κ3) is 4.48. The Balaban J connectivity index is 2.23. The number of hydrogen-bond donors (Lipinski definition) is 2. The maximum atomic E-state index is 12.4. The van der Waals surface area contributed by atoms with Gasteiger partial charge in [0.15, 0.2) is 0 Å². The van der Waals surface area contributed by atoms with Gasteiger partial charge in [0.2, 0.25) is 0 Å². The average Bonchev–Trinajstić information content (AvgIpc) is 2.64. The number of nitrogens with zero attached hydrogens (tertiary/aromatic N) is 1. The van der Waals surface area contributed by atoms with Crippen molar-refractivity contribution in [2.24, 2.45) is 0 Å². The maximum absolute atomic E-state index is 12.4. The van der Waals surface area contributed by atoms with Gasteiger partial charge in [-0.05, 0) is 42.5 Å². The largest absolute Gasteiger partial charge is 0.360 e. The van der Waals surface area contributed by atoms with E-state index in [1.165, 1.54) is 6.20 Å². The molecular formula is C21H23N3O. The first-order valence-corrected chi connectivity index (χ1v) is 8.45. The van der Waals surface area contributed by atoms with Crippen LogP contribution < -0.4 is 10.6 Å². The minimum absolute atomic E-state index is 0.0382. The van der Waals surface area contributed by atoms with Gasteiger partial charge in [0.1, 0.15) is 11.6 Å². The van der Waals surface area contributed by atoms with Gasteiger partial charge in [0, 0.05) is 17.6 Å². The number of carbonyl (C=O) groups excluding carboxylic acids is 1. The zero-order chi connectivity index (χ0) is 18.2. The Bertz CT molecular complexity index is 809. The zero-order valence-electron chi connectivity index (χ0n) is 14.9. The van der Waals surface area contributed by atoms with Crippen molar-refractivity contribution in [3.63, 3.8) is 0 Å². The third-order valence-corrected chi connectivity index (χ3v) is 4.12. The smallest absolute Gasteiger partial charge is 0.267 e. The molecule has 0 aliphatic heterocycles. The van der Waals surface area contributed by atoms with E-state index in [-0.39, 0.29) is 5.57 Å². The van der Waals surface area contributed by atoms with E-state index in [0.29, 0.717) is 5.69 Å². The first-order valence-electron chi connectivity index (χ1n) is 8.45. The predicted octanol–water partition coefficient (Wildman–Crippen LogP) is 4.58. The first-order chi connectivity index (χ1) is 12.1. The number of para-hydroxylation sites is 2. The molecule has 4 heteroatoms. The van der Waals surface area contributed by atoms with Gasteiger partial charge in [0.05, 0.1) is 0 Å². The van der Waals surface area contributed by atoms with Crippen molar-refractivity contribution in [2.45, 2.75) is 33.6 Å². The molecule has 0 bridgehead atoms. The number of anilines is 2. The van der Waals surface area contributed by atoms with E-state index in [1.54, 1.807) is 0 Å². The van der Waals surface area contributed by atoms with E-state index < -0.39 is 5.91 Å². The van der Waals surface area contributed by atoms with Crippen molar-refractivity contribution < 1.29 is 4.79 Å². The van der Waals surface area contributed by atoms with E-state index in [4.69, 9.17) is 0 Å². The minimum atomic E-state index is -0.420. The normalized spacial score (nSPS) is 10.9. The summed E-state index contributed by atoms with van der Waals surface area (Å²) in [5.74, 6) is -0.420. The van der Waals surface area contributed by atoms with Crippen molar-refractivity contribution in [3.8, 4) is 6.07 Å². The molecule has 1 amide bonds. The maximum Gasteiger partial charge on any atom is 0.267 e. The monoisotopic (exact) mass is 333 g/mol. The van der Waals surface area contributed by atoms with Crippen LogP contribution in [0.2, 0.25) is 0 Å². The zero-order valence-corrected chi connectivity index (χ0v) is 14.9. The van der Waals surface area contributed by atoms with Crippen molar-refractivity contribution in [1.82, 2.24) is 0 Å². The molecule has 4 nitrogen and oxygen atoms in total. The Morgan fingerprint density at radius 2 is 1.72 bits per heavy atom. The molecule has 0 aromatic heterocycles. The molecule has 0 aliphatic rings. The molecule has 0 saturated carbocycles. The molecular weight excluding hydrogens is 310 g/mol. The van der Waals surface area contributed by atoms with Crippen LogP contribution in [0.4, 0.5) is 11.4 Å². The molecule has 2 N–H and O–H groups in total. The Hall–Kier alpha value is -3.06. The summed E-state index contributed by atoms with van der Waals surface area (Å²) in [7, 11) is 0. The number of aryl methyl sites for hydroxylation is 3. The van der Waals surface area contributed by atoms with Crippen LogP contribution >= 0.6 is 0 Å². The molecule has 0 unspecified atom stereocenters. The van der Waals surface area contributed by atoms with Crippen molar-refractivity contribution in [1.29, 1.82) is 5.26 Å². The van der Waals surface area contributed by atoms with Crippen LogP contribution in [0, 0.1) is 18.3 Å². The van der Waals surface area contributed by atoms with Crippen LogP contribution in [0.25, 0.3) is 0 Å². The van der Waals surface area contributed by atoms with Crippen LogP contribution in [0.3, 0.4) is 0 Å². The highest BCUT2D eigenvalue weighted by molar-refractivity contribution is 6.07. The van der Waals surface area contributed by atoms with Crippen molar-refractivity contribution in [3.05, 3.63) is 70.9 Å². The number of carbonyl (C=O) groups is 1. The van der Waals surface area contributed by atoms with Gasteiger partial charge in [-0.1, -0.05) is 50.2 Å². The predicted molar refractivity (Wildman–Crippen MR) is 102 cm³/mol. The third-order valence-electron chi connectivity index (χ3n) is 4.12. The lowest BCUT2D eigenvalue weighted by Gasteiger charge is -2.13. The lowest BCUT2D eigenvalue weighted by molar-refractivity contribution is -0.112. The number of rotatable bonds is 6. The van der Waals surface area contributed by atoms with E-state index >= 15 is 0 Å². The summed E-state index contributed by atoms with van der Waals surface area (Å²) in [5.41, 5.74) is 4.99. The van der Waals surface area contributed by atoms with Gasteiger partial charge in [-0.3, -0.25) is 4.79 Å². The van der Waals surface area contributed by atoms with Gasteiger partial charge in [-0.2, -0.15) is 5.26 Å². The van der Waals surface area contributed by atoms with E-state index in [0.717, 1.165) is 35.2 Å². The van der Waals surface area contributed by atoms with Crippen LogP contribution in [-0.4, -0.2) is 5.91 Å². The van der Waals surface area contributed by atoms with Crippen LogP contribution in [-0.2, 0) is 17.6 Å². The van der Waals surface area contributed by atoms with Crippen molar-refractivity contribution in [2.75, 3.05) is 10.6 Å². The molecule has 0 heterocycles. The second kappa shape index (κ2) is 8.70. The first kappa shape index (κ1) is 18.3. The Morgan fingerprint density at radius 3 is 2.28 bits per heavy atom.